The maximum absolute atomic E-state index is 12.8. The van der Waals surface area contributed by atoms with Crippen molar-refractivity contribution in [3.63, 3.8) is 0 Å². The van der Waals surface area contributed by atoms with Crippen LogP contribution in [0.2, 0.25) is 0 Å². The van der Waals surface area contributed by atoms with E-state index in [9.17, 15) is 14.4 Å². The molecule has 0 saturated carbocycles. The number of esters is 3. The number of ether oxygens (including phenoxy) is 3. The van der Waals surface area contributed by atoms with Crippen LogP contribution in [0.1, 0.15) is 278 Å². The molecule has 0 spiro atoms. The Balaban J connectivity index is 4.23. The minimum atomic E-state index is -0.791. The van der Waals surface area contributed by atoms with E-state index in [0.717, 1.165) is 135 Å². The van der Waals surface area contributed by atoms with Crippen LogP contribution in [0.25, 0.3) is 0 Å². The quantitative estimate of drug-likeness (QED) is 0.0261. The predicted octanol–water partition coefficient (Wildman–Crippen LogP) is 20.7. The Morgan fingerprint density at radius 1 is 0.288 bits per heavy atom. The molecule has 6 nitrogen and oxygen atoms in total. The van der Waals surface area contributed by atoms with Crippen LogP contribution in [0.4, 0.5) is 0 Å². The minimum absolute atomic E-state index is 0.0882. The Bertz CT molecular complexity index is 1490. The second-order valence-electron chi connectivity index (χ2n) is 19.8. The van der Waals surface area contributed by atoms with Gasteiger partial charge in [-0.2, -0.15) is 0 Å². The van der Waals surface area contributed by atoms with Crippen molar-refractivity contribution in [2.24, 2.45) is 0 Å². The van der Waals surface area contributed by atoms with E-state index in [-0.39, 0.29) is 31.1 Å². The number of hydrogen-bond acceptors (Lipinski definition) is 6. The summed E-state index contributed by atoms with van der Waals surface area (Å²) in [6, 6.07) is 0. The van der Waals surface area contributed by atoms with E-state index < -0.39 is 6.10 Å². The van der Waals surface area contributed by atoms with Crippen LogP contribution >= 0.6 is 0 Å². The molecule has 0 aromatic rings. The molecule has 0 N–H and O–H groups in total. The first-order valence-electron chi connectivity index (χ1n) is 30.4. The average molecular weight is 1010 g/mol. The van der Waals surface area contributed by atoms with Gasteiger partial charge in [-0.05, 0) is 116 Å². The molecule has 0 bridgehead atoms. The highest BCUT2D eigenvalue weighted by Crippen LogP contribution is 2.16. The van der Waals surface area contributed by atoms with E-state index in [1.165, 1.54) is 103 Å². The topological polar surface area (TPSA) is 78.9 Å². The molecule has 6 heteroatoms. The number of unbranched alkanes of at least 4 members (excludes halogenated alkanes) is 25. The van der Waals surface area contributed by atoms with Crippen LogP contribution < -0.4 is 0 Å². The van der Waals surface area contributed by atoms with Crippen molar-refractivity contribution in [1.82, 2.24) is 0 Å². The van der Waals surface area contributed by atoms with Gasteiger partial charge >= 0.3 is 17.9 Å². The van der Waals surface area contributed by atoms with Gasteiger partial charge < -0.3 is 14.2 Å². The molecule has 0 heterocycles. The number of carbonyl (C=O) groups is 3. The van der Waals surface area contributed by atoms with Crippen LogP contribution in [-0.4, -0.2) is 37.2 Å². The van der Waals surface area contributed by atoms with E-state index in [1.54, 1.807) is 0 Å². The first-order chi connectivity index (χ1) is 36.0. The molecule has 0 radical (unpaired) electrons. The molecule has 1 atom stereocenters. The minimum Gasteiger partial charge on any atom is -0.462 e. The third kappa shape index (κ3) is 58.8. The Hall–Kier alpha value is -3.93. The van der Waals surface area contributed by atoms with Gasteiger partial charge in [-0.25, -0.2) is 0 Å². The fourth-order valence-corrected chi connectivity index (χ4v) is 8.23. The smallest absolute Gasteiger partial charge is 0.306 e. The Labute approximate surface area is 450 Å². The summed E-state index contributed by atoms with van der Waals surface area (Å²) in [7, 11) is 0. The summed E-state index contributed by atoms with van der Waals surface area (Å²) in [6.07, 6.45) is 82.4. The molecule has 0 amide bonds. The number of rotatable bonds is 54. The molecule has 0 aromatic heterocycles. The first kappa shape index (κ1) is 69.1. The van der Waals surface area contributed by atoms with Gasteiger partial charge in [0, 0.05) is 19.3 Å². The monoisotopic (exact) mass is 1010 g/mol. The summed E-state index contributed by atoms with van der Waals surface area (Å²) < 4.78 is 16.8. The normalized spacial score (nSPS) is 12.9. The van der Waals surface area contributed by atoms with Gasteiger partial charge in [0.15, 0.2) is 6.10 Å². The van der Waals surface area contributed by atoms with Crippen LogP contribution in [0.15, 0.2) is 109 Å². The average Bonchev–Trinajstić information content (AvgIpc) is 3.39. The van der Waals surface area contributed by atoms with E-state index in [2.05, 4.69) is 130 Å². The zero-order valence-electron chi connectivity index (χ0n) is 47.6. The lowest BCUT2D eigenvalue weighted by Gasteiger charge is -2.18. The second kappa shape index (κ2) is 60.6. The molecule has 0 aliphatic heterocycles. The van der Waals surface area contributed by atoms with E-state index in [1.807, 2.05) is 0 Å². The summed E-state index contributed by atoms with van der Waals surface area (Å²) in [5, 5.41) is 0. The first-order valence-corrected chi connectivity index (χ1v) is 30.4. The lowest BCUT2D eigenvalue weighted by molar-refractivity contribution is -0.167. The molecule has 0 saturated heterocycles. The molecule has 416 valence electrons. The van der Waals surface area contributed by atoms with Gasteiger partial charge in [-0.1, -0.05) is 252 Å². The molecule has 0 aliphatic rings. The van der Waals surface area contributed by atoms with Crippen molar-refractivity contribution in [3.05, 3.63) is 109 Å². The maximum Gasteiger partial charge on any atom is 0.306 e. The highest BCUT2D eigenvalue weighted by atomic mass is 16.6. The number of allylic oxidation sites excluding steroid dienone is 18. The zero-order chi connectivity index (χ0) is 52.9. The van der Waals surface area contributed by atoms with Crippen LogP contribution in [0, 0.1) is 0 Å². The van der Waals surface area contributed by atoms with E-state index >= 15 is 0 Å². The summed E-state index contributed by atoms with van der Waals surface area (Å²) in [6.45, 7) is 6.36. The molecular formula is C67H112O6. The molecule has 0 aliphatic carbocycles. The van der Waals surface area contributed by atoms with Crippen molar-refractivity contribution in [1.29, 1.82) is 0 Å². The number of carbonyl (C=O) groups excluding carboxylic acids is 3. The van der Waals surface area contributed by atoms with Gasteiger partial charge in [0.2, 0.25) is 0 Å². The third-order valence-electron chi connectivity index (χ3n) is 12.7. The summed E-state index contributed by atoms with van der Waals surface area (Å²) in [4.78, 5) is 38.1. The predicted molar refractivity (Wildman–Crippen MR) is 316 cm³/mol. The van der Waals surface area contributed by atoms with Crippen molar-refractivity contribution in [3.8, 4) is 0 Å². The van der Waals surface area contributed by atoms with Gasteiger partial charge in [0.1, 0.15) is 13.2 Å². The summed E-state index contributed by atoms with van der Waals surface area (Å²) in [5.41, 5.74) is 0. The molecule has 1 unspecified atom stereocenters. The number of hydrogen-bond donors (Lipinski definition) is 0. The summed E-state index contributed by atoms with van der Waals surface area (Å²) in [5.74, 6) is -0.914. The van der Waals surface area contributed by atoms with Crippen LogP contribution in [-0.2, 0) is 28.6 Å². The lowest BCUT2D eigenvalue weighted by Crippen LogP contribution is -2.30. The van der Waals surface area contributed by atoms with Gasteiger partial charge in [0.05, 0.1) is 0 Å². The molecular weight excluding hydrogens is 901 g/mol. The van der Waals surface area contributed by atoms with E-state index in [0.29, 0.717) is 19.3 Å². The van der Waals surface area contributed by atoms with Crippen molar-refractivity contribution >= 4 is 17.9 Å². The maximum atomic E-state index is 12.8. The van der Waals surface area contributed by atoms with Gasteiger partial charge in [-0.15, -0.1) is 0 Å². The fraction of sp³-hybridized carbons (Fsp3) is 0.687. The standard InChI is InChI=1S/C67H112O6/c1-4-7-10-13-16-19-22-24-26-27-28-29-30-31-32-33-34-35-36-37-38-39-41-42-45-48-51-54-57-60-66(69)72-63-64(62-71-65(68)59-56-53-50-47-44-21-18-15-12-9-6-3)73-67(70)61-58-55-52-49-46-43-40-25-23-20-17-14-11-8-5-2/h7-8,10-11,15-20,24-26,28-29,31-32,40,64H,4-6,9,12-14,21-23,27,30,33-39,41-63H2,1-3H3/b10-7-,11-8-,18-15-,19-16-,20-17-,26-24-,29-28-,32-31-,40-25-. The van der Waals surface area contributed by atoms with Crippen molar-refractivity contribution in [2.45, 2.75) is 284 Å². The van der Waals surface area contributed by atoms with Gasteiger partial charge in [0.25, 0.3) is 0 Å². The molecule has 0 rings (SSSR count). The highest BCUT2D eigenvalue weighted by molar-refractivity contribution is 5.71. The third-order valence-corrected chi connectivity index (χ3v) is 12.7. The van der Waals surface area contributed by atoms with E-state index in [4.69, 9.17) is 14.2 Å². The second-order valence-corrected chi connectivity index (χ2v) is 19.8. The largest absolute Gasteiger partial charge is 0.462 e. The fourth-order valence-electron chi connectivity index (χ4n) is 8.23. The molecule has 0 aromatic carbocycles. The van der Waals surface area contributed by atoms with Crippen LogP contribution in [0.5, 0.6) is 0 Å². The Morgan fingerprint density at radius 3 is 0.849 bits per heavy atom. The van der Waals surface area contributed by atoms with Gasteiger partial charge in [-0.3, -0.25) is 14.4 Å². The van der Waals surface area contributed by atoms with Crippen molar-refractivity contribution < 1.29 is 28.6 Å². The SMILES string of the molecule is CC/C=C\C/C=C\C/C=C\C/C=C\C/C=C\CCCCCCCCCCCCCCCC(=O)OCC(COC(=O)CCCCCCC/C=C\CCCC)OC(=O)CCCCCCC/C=C\C/C=C\C/C=C\CC. The molecule has 73 heavy (non-hydrogen) atoms. The van der Waals surface area contributed by atoms with Crippen molar-refractivity contribution in [2.75, 3.05) is 13.2 Å². The Kier molecular flexibility index (Phi) is 57.4. The molecule has 0 fully saturated rings. The lowest BCUT2D eigenvalue weighted by atomic mass is 10.0. The zero-order valence-corrected chi connectivity index (χ0v) is 47.6. The summed E-state index contributed by atoms with van der Waals surface area (Å²) >= 11 is 0. The highest BCUT2D eigenvalue weighted by Gasteiger charge is 2.19. The Morgan fingerprint density at radius 2 is 0.534 bits per heavy atom. The van der Waals surface area contributed by atoms with Crippen LogP contribution in [0.3, 0.4) is 0 Å².